The Morgan fingerprint density at radius 3 is 2.00 bits per heavy atom. The fourth-order valence-corrected chi connectivity index (χ4v) is 3.17. The van der Waals surface area contributed by atoms with Crippen LogP contribution in [0.2, 0.25) is 5.02 Å². The van der Waals surface area contributed by atoms with E-state index in [2.05, 4.69) is 5.32 Å². The summed E-state index contributed by atoms with van der Waals surface area (Å²) in [4.78, 5) is 24.9. The number of carbonyl (C=O) groups excluding carboxylic acids is 2. The van der Waals surface area contributed by atoms with Crippen LogP contribution in [0.5, 0.6) is 17.2 Å². The molecule has 1 unspecified atom stereocenters. The van der Waals surface area contributed by atoms with Crippen molar-refractivity contribution in [2.24, 2.45) is 5.92 Å². The van der Waals surface area contributed by atoms with Gasteiger partial charge in [-0.05, 0) is 23.6 Å². The SMILES string of the molecule is COc1cc(NC(=O)COC(=O)C(c2ccc(Cl)cc2)C(C)C)cc(OC)c1OC. The molecule has 0 bridgehead atoms. The van der Waals surface area contributed by atoms with Gasteiger partial charge in [0.25, 0.3) is 5.91 Å². The number of amides is 1. The highest BCUT2D eigenvalue weighted by Gasteiger charge is 2.26. The van der Waals surface area contributed by atoms with Gasteiger partial charge in [-0.1, -0.05) is 37.6 Å². The lowest BCUT2D eigenvalue weighted by Crippen LogP contribution is -2.26. The summed E-state index contributed by atoms with van der Waals surface area (Å²) in [7, 11) is 4.45. The third-order valence-electron chi connectivity index (χ3n) is 4.44. The number of hydrogen-bond donors (Lipinski definition) is 1. The highest BCUT2D eigenvalue weighted by atomic mass is 35.5. The van der Waals surface area contributed by atoms with Crippen molar-refractivity contribution < 1.29 is 28.5 Å². The van der Waals surface area contributed by atoms with Gasteiger partial charge in [0.1, 0.15) is 0 Å². The normalized spacial score (nSPS) is 11.6. The number of esters is 1. The Kier molecular flexibility index (Phi) is 8.35. The van der Waals surface area contributed by atoms with E-state index in [1.165, 1.54) is 21.3 Å². The second-order valence-electron chi connectivity index (χ2n) is 6.84. The average Bonchev–Trinajstić information content (AvgIpc) is 2.72. The molecule has 0 radical (unpaired) electrons. The monoisotopic (exact) mass is 435 g/mol. The van der Waals surface area contributed by atoms with E-state index in [0.717, 1.165) is 5.56 Å². The minimum absolute atomic E-state index is 0.0168. The highest BCUT2D eigenvalue weighted by Crippen LogP contribution is 2.39. The van der Waals surface area contributed by atoms with Gasteiger partial charge in [0.15, 0.2) is 18.1 Å². The van der Waals surface area contributed by atoms with Crippen molar-refractivity contribution in [2.45, 2.75) is 19.8 Å². The van der Waals surface area contributed by atoms with Gasteiger partial charge in [-0.2, -0.15) is 0 Å². The van der Waals surface area contributed by atoms with Crippen LogP contribution in [-0.2, 0) is 14.3 Å². The summed E-state index contributed by atoms with van der Waals surface area (Å²) >= 11 is 5.92. The van der Waals surface area contributed by atoms with E-state index in [4.69, 9.17) is 30.5 Å². The molecular weight excluding hydrogens is 410 g/mol. The van der Waals surface area contributed by atoms with Gasteiger partial charge < -0.3 is 24.3 Å². The average molecular weight is 436 g/mol. The minimum atomic E-state index is -0.503. The second-order valence-corrected chi connectivity index (χ2v) is 7.28. The number of hydrogen-bond acceptors (Lipinski definition) is 6. The minimum Gasteiger partial charge on any atom is -0.493 e. The van der Waals surface area contributed by atoms with Crippen LogP contribution in [-0.4, -0.2) is 39.8 Å². The van der Waals surface area contributed by atoms with Crippen molar-refractivity contribution in [1.29, 1.82) is 0 Å². The molecule has 1 N–H and O–H groups in total. The van der Waals surface area contributed by atoms with Crippen molar-refractivity contribution in [3.8, 4) is 17.2 Å². The molecule has 2 aromatic carbocycles. The molecule has 0 aliphatic heterocycles. The van der Waals surface area contributed by atoms with Gasteiger partial charge in [0.05, 0.1) is 27.2 Å². The lowest BCUT2D eigenvalue weighted by Gasteiger charge is -2.20. The molecule has 2 rings (SSSR count). The first-order chi connectivity index (χ1) is 14.3. The first-order valence-corrected chi connectivity index (χ1v) is 9.70. The molecule has 0 heterocycles. The van der Waals surface area contributed by atoms with Crippen molar-refractivity contribution in [2.75, 3.05) is 33.3 Å². The maximum Gasteiger partial charge on any atom is 0.314 e. The standard InChI is InChI=1S/C22H26ClNO6/c1-13(2)20(14-6-8-15(23)9-7-14)22(26)30-12-19(25)24-16-10-17(27-3)21(29-5)18(11-16)28-4/h6-11,13,20H,12H2,1-5H3,(H,24,25). The molecular formula is C22H26ClNO6. The molecule has 162 valence electrons. The molecule has 7 nitrogen and oxygen atoms in total. The van der Waals surface area contributed by atoms with Gasteiger partial charge >= 0.3 is 5.97 Å². The Labute approximate surface area is 181 Å². The fourth-order valence-electron chi connectivity index (χ4n) is 3.04. The van der Waals surface area contributed by atoms with E-state index >= 15 is 0 Å². The summed E-state index contributed by atoms with van der Waals surface area (Å²) in [6.07, 6.45) is 0. The fraction of sp³-hybridized carbons (Fsp3) is 0.364. The summed E-state index contributed by atoms with van der Waals surface area (Å²) in [5.74, 6) is -0.289. The molecule has 0 aromatic heterocycles. The first-order valence-electron chi connectivity index (χ1n) is 9.32. The zero-order chi connectivity index (χ0) is 22.3. The van der Waals surface area contributed by atoms with Crippen LogP contribution in [0.1, 0.15) is 25.3 Å². The molecule has 1 atom stereocenters. The Bertz CT molecular complexity index is 857. The zero-order valence-electron chi connectivity index (χ0n) is 17.7. The van der Waals surface area contributed by atoms with E-state index < -0.39 is 24.4 Å². The summed E-state index contributed by atoms with van der Waals surface area (Å²) in [5, 5.41) is 3.25. The third-order valence-corrected chi connectivity index (χ3v) is 4.70. The molecule has 0 fully saturated rings. The second kappa shape index (κ2) is 10.7. The van der Waals surface area contributed by atoms with Crippen molar-refractivity contribution in [1.82, 2.24) is 0 Å². The van der Waals surface area contributed by atoms with Gasteiger partial charge in [-0.25, -0.2) is 0 Å². The van der Waals surface area contributed by atoms with E-state index in [0.29, 0.717) is 28.0 Å². The summed E-state index contributed by atoms with van der Waals surface area (Å²) < 4.78 is 21.1. The Morgan fingerprint density at radius 2 is 1.53 bits per heavy atom. The lowest BCUT2D eigenvalue weighted by molar-refractivity contribution is -0.149. The van der Waals surface area contributed by atoms with Crippen LogP contribution in [0.25, 0.3) is 0 Å². The molecule has 30 heavy (non-hydrogen) atoms. The van der Waals surface area contributed by atoms with Crippen LogP contribution >= 0.6 is 11.6 Å². The maximum absolute atomic E-state index is 12.6. The first kappa shape index (κ1) is 23.3. The molecule has 0 saturated carbocycles. The molecule has 8 heteroatoms. The molecule has 1 amide bonds. The smallest absolute Gasteiger partial charge is 0.314 e. The topological polar surface area (TPSA) is 83.1 Å². The number of anilines is 1. The summed E-state index contributed by atoms with van der Waals surface area (Å²) in [6, 6.07) is 10.2. The number of carbonyl (C=O) groups is 2. The van der Waals surface area contributed by atoms with E-state index in [9.17, 15) is 9.59 Å². The number of benzene rings is 2. The predicted molar refractivity (Wildman–Crippen MR) is 115 cm³/mol. The third kappa shape index (κ3) is 5.79. The van der Waals surface area contributed by atoms with Gasteiger partial charge in [-0.3, -0.25) is 9.59 Å². The Balaban J connectivity index is 2.06. The molecule has 0 saturated heterocycles. The summed E-state index contributed by atoms with van der Waals surface area (Å²) in [5.41, 5.74) is 1.20. The predicted octanol–water partition coefficient (Wildman–Crippen LogP) is 4.29. The van der Waals surface area contributed by atoms with Gasteiger partial charge in [0, 0.05) is 22.8 Å². The zero-order valence-corrected chi connectivity index (χ0v) is 18.4. The van der Waals surface area contributed by atoms with E-state index in [1.807, 2.05) is 13.8 Å². The molecule has 0 spiro atoms. The summed E-state index contributed by atoms with van der Waals surface area (Å²) in [6.45, 7) is 3.40. The van der Waals surface area contributed by atoms with Crippen LogP contribution < -0.4 is 19.5 Å². The lowest BCUT2D eigenvalue weighted by atomic mass is 9.88. The highest BCUT2D eigenvalue weighted by molar-refractivity contribution is 6.30. The van der Waals surface area contributed by atoms with E-state index in [1.54, 1.807) is 36.4 Å². The number of nitrogens with one attached hydrogen (secondary N) is 1. The Hall–Kier alpha value is -2.93. The van der Waals surface area contributed by atoms with Crippen molar-refractivity contribution in [3.05, 3.63) is 47.0 Å². The molecule has 2 aromatic rings. The van der Waals surface area contributed by atoms with Crippen molar-refractivity contribution >= 4 is 29.2 Å². The number of rotatable bonds is 9. The van der Waals surface area contributed by atoms with E-state index in [-0.39, 0.29) is 5.92 Å². The van der Waals surface area contributed by atoms with Crippen molar-refractivity contribution in [3.63, 3.8) is 0 Å². The van der Waals surface area contributed by atoms with Gasteiger partial charge in [-0.15, -0.1) is 0 Å². The largest absolute Gasteiger partial charge is 0.493 e. The van der Waals surface area contributed by atoms with Gasteiger partial charge in [0.2, 0.25) is 5.75 Å². The molecule has 0 aliphatic carbocycles. The van der Waals surface area contributed by atoms with Crippen LogP contribution in [0.3, 0.4) is 0 Å². The number of halogens is 1. The maximum atomic E-state index is 12.6. The Morgan fingerprint density at radius 1 is 0.967 bits per heavy atom. The number of ether oxygens (including phenoxy) is 4. The van der Waals surface area contributed by atoms with Crippen LogP contribution in [0, 0.1) is 5.92 Å². The van der Waals surface area contributed by atoms with Crippen LogP contribution in [0.4, 0.5) is 5.69 Å². The van der Waals surface area contributed by atoms with Crippen LogP contribution in [0.15, 0.2) is 36.4 Å². The molecule has 0 aliphatic rings. The quantitative estimate of drug-likeness (QED) is 0.591. The number of methoxy groups -OCH3 is 3.